The van der Waals surface area contributed by atoms with Crippen molar-refractivity contribution in [1.29, 1.82) is 5.26 Å². The summed E-state index contributed by atoms with van der Waals surface area (Å²) in [6, 6.07) is 2.36. The quantitative estimate of drug-likeness (QED) is 0.593. The molecule has 1 unspecified atom stereocenters. The standard InChI is InChI=1S/C19H32N2O/c1-4-5-6-7-8-9-10-11-12-21-18-13-16(22)14-19(2,3)17(18)15-20/h13,17,21H,4-12,14H2,1-3H3. The van der Waals surface area contributed by atoms with Crippen LogP contribution in [0.5, 0.6) is 0 Å². The van der Waals surface area contributed by atoms with Crippen molar-refractivity contribution < 1.29 is 4.79 Å². The van der Waals surface area contributed by atoms with Gasteiger partial charge in [-0.05, 0) is 11.8 Å². The Hall–Kier alpha value is -1.30. The predicted octanol–water partition coefficient (Wildman–Crippen LogP) is 4.74. The second-order valence-electron chi connectivity index (χ2n) is 7.20. The summed E-state index contributed by atoms with van der Waals surface area (Å²) in [5.74, 6) is -0.0610. The summed E-state index contributed by atoms with van der Waals surface area (Å²) in [7, 11) is 0. The second-order valence-corrected chi connectivity index (χ2v) is 7.20. The van der Waals surface area contributed by atoms with E-state index in [1.807, 2.05) is 13.8 Å². The van der Waals surface area contributed by atoms with Crippen LogP contribution in [0, 0.1) is 22.7 Å². The zero-order chi connectivity index (χ0) is 16.4. The van der Waals surface area contributed by atoms with Crippen molar-refractivity contribution >= 4 is 5.78 Å². The molecule has 0 spiro atoms. The highest BCUT2D eigenvalue weighted by Gasteiger charge is 2.37. The molecule has 0 radical (unpaired) electrons. The summed E-state index contributed by atoms with van der Waals surface area (Å²) in [5.41, 5.74) is 0.564. The number of carbonyl (C=O) groups is 1. The number of rotatable bonds is 10. The van der Waals surface area contributed by atoms with Crippen molar-refractivity contribution in [2.45, 2.75) is 78.6 Å². The van der Waals surface area contributed by atoms with Gasteiger partial charge in [0.2, 0.25) is 0 Å². The molecule has 0 aromatic carbocycles. The van der Waals surface area contributed by atoms with Crippen LogP contribution in [0.1, 0.15) is 78.6 Å². The van der Waals surface area contributed by atoms with E-state index in [4.69, 9.17) is 0 Å². The third-order valence-electron chi connectivity index (χ3n) is 4.53. The number of nitrogens with one attached hydrogen (secondary N) is 1. The predicted molar refractivity (Wildman–Crippen MR) is 91.2 cm³/mol. The van der Waals surface area contributed by atoms with Gasteiger partial charge in [0.15, 0.2) is 5.78 Å². The van der Waals surface area contributed by atoms with Crippen LogP contribution in [0.15, 0.2) is 11.8 Å². The molecule has 0 saturated heterocycles. The molecule has 0 bridgehead atoms. The summed E-state index contributed by atoms with van der Waals surface area (Å²) in [5, 5.41) is 12.7. The Morgan fingerprint density at radius 3 is 2.36 bits per heavy atom. The molecule has 1 N–H and O–H groups in total. The first-order valence-corrected chi connectivity index (χ1v) is 8.89. The first-order valence-electron chi connectivity index (χ1n) is 8.89. The lowest BCUT2D eigenvalue weighted by Crippen LogP contribution is -2.36. The molecule has 3 nitrogen and oxygen atoms in total. The van der Waals surface area contributed by atoms with Crippen LogP contribution in [0.3, 0.4) is 0 Å². The fourth-order valence-electron chi connectivity index (χ4n) is 3.17. The summed E-state index contributed by atoms with van der Waals surface area (Å²) in [6.45, 7) is 7.11. The lowest BCUT2D eigenvalue weighted by molar-refractivity contribution is -0.117. The van der Waals surface area contributed by atoms with Crippen LogP contribution in [0.2, 0.25) is 0 Å². The van der Waals surface area contributed by atoms with Crippen molar-refractivity contribution in [3.8, 4) is 6.07 Å². The fourth-order valence-corrected chi connectivity index (χ4v) is 3.17. The minimum absolute atomic E-state index is 0.134. The lowest BCUT2D eigenvalue weighted by Gasteiger charge is -2.34. The molecule has 1 aliphatic rings. The lowest BCUT2D eigenvalue weighted by atomic mass is 9.70. The molecular weight excluding hydrogens is 272 g/mol. The molecular formula is C19H32N2O. The molecule has 0 fully saturated rings. The number of hydrogen-bond acceptors (Lipinski definition) is 3. The van der Waals surface area contributed by atoms with Gasteiger partial charge in [-0.2, -0.15) is 5.26 Å². The average Bonchev–Trinajstić information content (AvgIpc) is 2.44. The van der Waals surface area contributed by atoms with Gasteiger partial charge in [-0.1, -0.05) is 65.7 Å². The van der Waals surface area contributed by atoms with Crippen LogP contribution in [0.4, 0.5) is 0 Å². The molecule has 22 heavy (non-hydrogen) atoms. The highest BCUT2D eigenvalue weighted by atomic mass is 16.1. The third-order valence-corrected chi connectivity index (χ3v) is 4.53. The SMILES string of the molecule is CCCCCCCCCCNC1=CC(=O)CC(C)(C)C1C#N. The highest BCUT2D eigenvalue weighted by Crippen LogP contribution is 2.38. The number of ketones is 1. The van der Waals surface area contributed by atoms with Gasteiger partial charge in [-0.15, -0.1) is 0 Å². The maximum Gasteiger partial charge on any atom is 0.158 e. The Labute approximate surface area is 136 Å². The molecule has 1 rings (SSSR count). The summed E-state index contributed by atoms with van der Waals surface area (Å²) >= 11 is 0. The van der Waals surface area contributed by atoms with Gasteiger partial charge in [0.1, 0.15) is 0 Å². The summed E-state index contributed by atoms with van der Waals surface area (Å²) < 4.78 is 0. The minimum Gasteiger partial charge on any atom is -0.387 e. The monoisotopic (exact) mass is 304 g/mol. The van der Waals surface area contributed by atoms with Gasteiger partial charge in [-0.25, -0.2) is 0 Å². The topological polar surface area (TPSA) is 52.9 Å². The summed E-state index contributed by atoms with van der Waals surface area (Å²) in [6.07, 6.45) is 12.4. The maximum atomic E-state index is 11.8. The third kappa shape index (κ3) is 6.22. The largest absolute Gasteiger partial charge is 0.387 e. The smallest absolute Gasteiger partial charge is 0.158 e. The van der Waals surface area contributed by atoms with E-state index in [1.165, 1.54) is 44.9 Å². The summed E-state index contributed by atoms with van der Waals surface area (Å²) in [4.78, 5) is 11.8. The van der Waals surface area contributed by atoms with Gasteiger partial charge in [0.05, 0.1) is 12.0 Å². The first kappa shape index (κ1) is 18.7. The van der Waals surface area contributed by atoms with Crippen LogP contribution in [-0.4, -0.2) is 12.3 Å². The zero-order valence-corrected chi connectivity index (χ0v) is 14.6. The molecule has 0 heterocycles. The second kappa shape index (κ2) is 9.66. The van der Waals surface area contributed by atoms with Gasteiger partial charge in [0.25, 0.3) is 0 Å². The van der Waals surface area contributed by atoms with Crippen molar-refractivity contribution in [2.24, 2.45) is 11.3 Å². The van der Waals surface area contributed by atoms with Crippen molar-refractivity contribution in [1.82, 2.24) is 5.32 Å². The van der Waals surface area contributed by atoms with E-state index in [1.54, 1.807) is 6.08 Å². The number of unbranched alkanes of at least 4 members (excludes halogenated alkanes) is 7. The Bertz CT molecular complexity index is 418. The van der Waals surface area contributed by atoms with Crippen LogP contribution >= 0.6 is 0 Å². The van der Waals surface area contributed by atoms with Crippen LogP contribution in [0.25, 0.3) is 0 Å². The Morgan fingerprint density at radius 2 is 1.77 bits per heavy atom. The van der Waals surface area contributed by atoms with Gasteiger partial charge in [0, 0.05) is 24.7 Å². The van der Waals surface area contributed by atoms with E-state index < -0.39 is 0 Å². The number of nitriles is 1. The maximum absolute atomic E-state index is 11.8. The van der Waals surface area contributed by atoms with E-state index in [-0.39, 0.29) is 17.1 Å². The van der Waals surface area contributed by atoms with Crippen LogP contribution < -0.4 is 5.32 Å². The highest BCUT2D eigenvalue weighted by molar-refractivity contribution is 5.92. The molecule has 0 aromatic heterocycles. The molecule has 0 aliphatic heterocycles. The van der Waals surface area contributed by atoms with Crippen LogP contribution in [-0.2, 0) is 4.79 Å². The van der Waals surface area contributed by atoms with E-state index in [9.17, 15) is 10.1 Å². The molecule has 124 valence electrons. The van der Waals surface area contributed by atoms with Crippen molar-refractivity contribution in [2.75, 3.05) is 6.54 Å². The van der Waals surface area contributed by atoms with Crippen molar-refractivity contribution in [3.05, 3.63) is 11.8 Å². The molecule has 1 aliphatic carbocycles. The molecule has 0 aromatic rings. The number of nitrogens with zero attached hydrogens (tertiary/aromatic N) is 1. The van der Waals surface area contributed by atoms with E-state index in [2.05, 4.69) is 18.3 Å². The first-order chi connectivity index (χ1) is 10.5. The fraction of sp³-hybridized carbons (Fsp3) is 0.789. The number of allylic oxidation sites excluding steroid dienone is 2. The van der Waals surface area contributed by atoms with Gasteiger partial charge in [-0.3, -0.25) is 4.79 Å². The minimum atomic E-state index is -0.262. The Kier molecular flexibility index (Phi) is 8.24. The van der Waals surface area contributed by atoms with E-state index >= 15 is 0 Å². The van der Waals surface area contributed by atoms with Gasteiger partial charge >= 0.3 is 0 Å². The average molecular weight is 304 g/mol. The van der Waals surface area contributed by atoms with Gasteiger partial charge < -0.3 is 5.32 Å². The molecule has 0 amide bonds. The normalized spacial score (nSPS) is 20.4. The molecule has 0 saturated carbocycles. The molecule has 3 heteroatoms. The van der Waals surface area contributed by atoms with E-state index in [0.717, 1.165) is 18.7 Å². The molecule has 1 atom stereocenters. The van der Waals surface area contributed by atoms with E-state index in [0.29, 0.717) is 6.42 Å². The number of carbonyl (C=O) groups excluding carboxylic acids is 1. The Balaban J connectivity index is 2.23. The van der Waals surface area contributed by atoms with Crippen molar-refractivity contribution in [3.63, 3.8) is 0 Å². The Morgan fingerprint density at radius 1 is 1.18 bits per heavy atom. The number of hydrogen-bond donors (Lipinski definition) is 1. The zero-order valence-electron chi connectivity index (χ0n) is 14.6.